The summed E-state index contributed by atoms with van der Waals surface area (Å²) in [6.07, 6.45) is 0. The van der Waals surface area contributed by atoms with Crippen molar-refractivity contribution in [2.45, 2.75) is 27.7 Å². The lowest BCUT2D eigenvalue weighted by atomic mass is 10.1. The molecular weight excluding hydrogens is 330 g/mol. The van der Waals surface area contributed by atoms with E-state index in [1.54, 1.807) is 0 Å². The van der Waals surface area contributed by atoms with Gasteiger partial charge in [-0.25, -0.2) is 4.79 Å². The molecule has 0 fully saturated rings. The zero-order valence-corrected chi connectivity index (χ0v) is 15.6. The number of benzene rings is 1. The van der Waals surface area contributed by atoms with E-state index in [1.165, 1.54) is 11.8 Å². The third-order valence-corrected chi connectivity index (χ3v) is 4.75. The van der Waals surface area contributed by atoms with E-state index in [9.17, 15) is 9.59 Å². The molecule has 1 aromatic rings. The standard InChI is InChI=1S/C16H23N3O2S2/c1-5-19(6-2)16(22)23-10-14(20)18-15(21)17-13-8-7-11(3)9-12(13)4/h7-9H,5-6,10H2,1-4H3,(H2,17,18,20,21). The second-order valence-electron chi connectivity index (χ2n) is 5.05. The van der Waals surface area contributed by atoms with Crippen LogP contribution < -0.4 is 10.6 Å². The Morgan fingerprint density at radius 2 is 1.87 bits per heavy atom. The predicted molar refractivity (Wildman–Crippen MR) is 101 cm³/mol. The molecule has 0 heterocycles. The van der Waals surface area contributed by atoms with Crippen LogP contribution in [0.25, 0.3) is 0 Å². The molecule has 0 saturated heterocycles. The highest BCUT2D eigenvalue weighted by molar-refractivity contribution is 8.23. The summed E-state index contributed by atoms with van der Waals surface area (Å²) in [6.45, 7) is 9.51. The molecule has 1 rings (SSSR count). The van der Waals surface area contributed by atoms with Crippen molar-refractivity contribution >= 4 is 45.9 Å². The number of hydrogen-bond donors (Lipinski definition) is 2. The van der Waals surface area contributed by atoms with Gasteiger partial charge in [0.2, 0.25) is 5.91 Å². The zero-order chi connectivity index (χ0) is 17.4. The van der Waals surface area contributed by atoms with Crippen LogP contribution in [0.1, 0.15) is 25.0 Å². The number of rotatable bonds is 5. The molecule has 2 N–H and O–H groups in total. The molecule has 0 aliphatic heterocycles. The zero-order valence-electron chi connectivity index (χ0n) is 13.9. The fraction of sp³-hybridized carbons (Fsp3) is 0.438. The van der Waals surface area contributed by atoms with Crippen molar-refractivity contribution in [3.63, 3.8) is 0 Å². The van der Waals surface area contributed by atoms with E-state index >= 15 is 0 Å². The molecule has 0 aromatic heterocycles. The third-order valence-electron chi connectivity index (χ3n) is 3.23. The van der Waals surface area contributed by atoms with Gasteiger partial charge in [0, 0.05) is 18.8 Å². The van der Waals surface area contributed by atoms with Crippen LogP contribution in [0.2, 0.25) is 0 Å². The van der Waals surface area contributed by atoms with Crippen LogP contribution in [0, 0.1) is 13.8 Å². The maximum Gasteiger partial charge on any atom is 0.325 e. The average Bonchev–Trinajstić information content (AvgIpc) is 2.49. The van der Waals surface area contributed by atoms with Gasteiger partial charge < -0.3 is 10.2 Å². The number of imide groups is 1. The highest BCUT2D eigenvalue weighted by atomic mass is 32.2. The summed E-state index contributed by atoms with van der Waals surface area (Å²) in [5, 5.41) is 4.99. The lowest BCUT2D eigenvalue weighted by Gasteiger charge is -2.20. The van der Waals surface area contributed by atoms with Crippen molar-refractivity contribution in [1.29, 1.82) is 0 Å². The van der Waals surface area contributed by atoms with Gasteiger partial charge in [-0.3, -0.25) is 10.1 Å². The monoisotopic (exact) mass is 353 g/mol. The van der Waals surface area contributed by atoms with Gasteiger partial charge in [-0.15, -0.1) is 0 Å². The number of nitrogens with one attached hydrogen (secondary N) is 2. The van der Waals surface area contributed by atoms with Crippen LogP contribution in [0.3, 0.4) is 0 Å². The summed E-state index contributed by atoms with van der Waals surface area (Å²) >= 11 is 6.51. The molecule has 0 spiro atoms. The van der Waals surface area contributed by atoms with Crippen LogP contribution in [-0.4, -0.2) is 40.0 Å². The number of carbonyl (C=O) groups is 2. The molecular formula is C16H23N3O2S2. The molecule has 1 aromatic carbocycles. The van der Waals surface area contributed by atoms with Crippen LogP contribution in [0.5, 0.6) is 0 Å². The van der Waals surface area contributed by atoms with Gasteiger partial charge in [0.25, 0.3) is 0 Å². The molecule has 126 valence electrons. The molecule has 0 bridgehead atoms. The fourth-order valence-electron chi connectivity index (χ4n) is 1.97. The predicted octanol–water partition coefficient (Wildman–Crippen LogP) is 3.31. The van der Waals surface area contributed by atoms with E-state index < -0.39 is 6.03 Å². The topological polar surface area (TPSA) is 61.4 Å². The normalized spacial score (nSPS) is 10.1. The SMILES string of the molecule is CCN(CC)C(=S)SCC(=O)NC(=O)Nc1ccc(C)cc1C. The second kappa shape index (κ2) is 9.52. The first-order valence-electron chi connectivity index (χ1n) is 7.47. The van der Waals surface area contributed by atoms with Crippen molar-refractivity contribution < 1.29 is 9.59 Å². The summed E-state index contributed by atoms with van der Waals surface area (Å²) in [5.74, 6) is -0.248. The first-order chi connectivity index (χ1) is 10.9. The largest absolute Gasteiger partial charge is 0.358 e. The van der Waals surface area contributed by atoms with E-state index in [0.29, 0.717) is 10.0 Å². The Morgan fingerprint density at radius 3 is 2.43 bits per heavy atom. The number of anilines is 1. The minimum Gasteiger partial charge on any atom is -0.358 e. The third kappa shape index (κ3) is 6.58. The Morgan fingerprint density at radius 1 is 1.22 bits per heavy atom. The lowest BCUT2D eigenvalue weighted by Crippen LogP contribution is -2.36. The average molecular weight is 354 g/mol. The first-order valence-corrected chi connectivity index (χ1v) is 8.86. The Balaban J connectivity index is 2.45. The van der Waals surface area contributed by atoms with Crippen molar-refractivity contribution in [3.8, 4) is 0 Å². The molecule has 0 aliphatic rings. The molecule has 0 unspecified atom stereocenters. The van der Waals surface area contributed by atoms with Crippen LogP contribution >= 0.6 is 24.0 Å². The smallest absolute Gasteiger partial charge is 0.325 e. The number of nitrogens with zero attached hydrogens (tertiary/aromatic N) is 1. The van der Waals surface area contributed by atoms with Gasteiger partial charge in [-0.05, 0) is 39.3 Å². The molecule has 5 nitrogen and oxygen atoms in total. The van der Waals surface area contributed by atoms with Gasteiger partial charge in [-0.2, -0.15) is 0 Å². The van der Waals surface area contributed by atoms with Gasteiger partial charge in [0.05, 0.1) is 5.75 Å². The van der Waals surface area contributed by atoms with Gasteiger partial charge >= 0.3 is 6.03 Å². The Kier molecular flexibility index (Phi) is 8.05. The molecule has 0 saturated carbocycles. The highest BCUT2D eigenvalue weighted by Crippen LogP contribution is 2.15. The molecule has 23 heavy (non-hydrogen) atoms. The van der Waals surface area contributed by atoms with E-state index in [2.05, 4.69) is 10.6 Å². The number of amides is 3. The molecule has 3 amide bonds. The molecule has 7 heteroatoms. The van der Waals surface area contributed by atoms with E-state index in [4.69, 9.17) is 12.2 Å². The molecule has 0 atom stereocenters. The van der Waals surface area contributed by atoms with Crippen molar-refractivity contribution in [1.82, 2.24) is 10.2 Å². The molecule has 0 aliphatic carbocycles. The van der Waals surface area contributed by atoms with Gasteiger partial charge in [0.1, 0.15) is 4.32 Å². The summed E-state index contributed by atoms with van der Waals surface area (Å²) in [6, 6.07) is 5.16. The minimum absolute atomic E-state index is 0.121. The number of urea groups is 1. The van der Waals surface area contributed by atoms with Gasteiger partial charge in [0.15, 0.2) is 0 Å². The number of thioether (sulfide) groups is 1. The van der Waals surface area contributed by atoms with E-state index in [0.717, 1.165) is 24.2 Å². The summed E-state index contributed by atoms with van der Waals surface area (Å²) in [7, 11) is 0. The quantitative estimate of drug-likeness (QED) is 0.795. The lowest BCUT2D eigenvalue weighted by molar-refractivity contribution is -0.117. The Hall–Kier alpha value is -1.60. The minimum atomic E-state index is -0.531. The van der Waals surface area contributed by atoms with Crippen molar-refractivity contribution in [2.75, 3.05) is 24.2 Å². The van der Waals surface area contributed by atoms with E-state index in [-0.39, 0.29) is 11.7 Å². The van der Waals surface area contributed by atoms with Crippen LogP contribution in [-0.2, 0) is 4.79 Å². The second-order valence-corrected chi connectivity index (χ2v) is 6.66. The fourth-order valence-corrected chi connectivity index (χ4v) is 3.17. The number of thiocarbonyl (C=S) groups is 1. The summed E-state index contributed by atoms with van der Waals surface area (Å²) in [5.41, 5.74) is 2.75. The van der Waals surface area contributed by atoms with Crippen molar-refractivity contribution in [3.05, 3.63) is 29.3 Å². The highest BCUT2D eigenvalue weighted by Gasteiger charge is 2.12. The van der Waals surface area contributed by atoms with Gasteiger partial charge in [-0.1, -0.05) is 41.7 Å². The van der Waals surface area contributed by atoms with Crippen LogP contribution in [0.4, 0.5) is 10.5 Å². The number of carbonyl (C=O) groups excluding carboxylic acids is 2. The van der Waals surface area contributed by atoms with E-state index in [1.807, 2.05) is 50.8 Å². The molecule has 0 radical (unpaired) electrons. The van der Waals surface area contributed by atoms with Crippen LogP contribution in [0.15, 0.2) is 18.2 Å². The summed E-state index contributed by atoms with van der Waals surface area (Å²) in [4.78, 5) is 25.7. The maximum absolute atomic E-state index is 11.9. The van der Waals surface area contributed by atoms with Crippen molar-refractivity contribution in [2.24, 2.45) is 0 Å². The number of aryl methyl sites for hydroxylation is 2. The summed E-state index contributed by atoms with van der Waals surface area (Å²) < 4.78 is 0.667. The Labute approximate surface area is 147 Å². The number of hydrogen-bond acceptors (Lipinski definition) is 4. The Bertz CT molecular complexity index is 587. The first kappa shape index (κ1) is 19.4. The maximum atomic E-state index is 11.9.